The normalized spacial score (nSPS) is 13.2. The smallest absolute Gasteiger partial charge is 0.0847 e. The molecule has 0 radical (unpaired) electrons. The van der Waals surface area contributed by atoms with Gasteiger partial charge in [0.05, 0.1) is 16.4 Å². The lowest BCUT2D eigenvalue weighted by atomic mass is 10.1. The third-order valence-electron chi connectivity index (χ3n) is 2.38. The lowest BCUT2D eigenvalue weighted by Crippen LogP contribution is -2.23. The second-order valence-corrected chi connectivity index (χ2v) is 4.10. The Morgan fingerprint density at radius 3 is 2.64 bits per heavy atom. The quantitative estimate of drug-likeness (QED) is 0.836. The summed E-state index contributed by atoms with van der Waals surface area (Å²) in [5.74, 6) is 0. The SMILES string of the molecule is CCCC(N)Cc1c(Cl)c(C)nn1C. The minimum absolute atomic E-state index is 0.187. The Morgan fingerprint density at radius 2 is 2.21 bits per heavy atom. The third kappa shape index (κ3) is 2.49. The summed E-state index contributed by atoms with van der Waals surface area (Å²) >= 11 is 6.12. The summed E-state index contributed by atoms with van der Waals surface area (Å²) in [4.78, 5) is 0. The van der Waals surface area contributed by atoms with Gasteiger partial charge in [0.15, 0.2) is 0 Å². The molecule has 1 aromatic rings. The Hall–Kier alpha value is -0.540. The maximum Gasteiger partial charge on any atom is 0.0847 e. The molecule has 1 heterocycles. The molecule has 1 aromatic heterocycles. The van der Waals surface area contributed by atoms with Gasteiger partial charge in [0, 0.05) is 19.5 Å². The van der Waals surface area contributed by atoms with Crippen molar-refractivity contribution in [3.63, 3.8) is 0 Å². The molecule has 0 saturated heterocycles. The van der Waals surface area contributed by atoms with Crippen LogP contribution in [0.1, 0.15) is 31.2 Å². The van der Waals surface area contributed by atoms with E-state index in [1.807, 2.05) is 18.7 Å². The summed E-state index contributed by atoms with van der Waals surface area (Å²) in [7, 11) is 1.91. The average Bonchev–Trinajstić information content (AvgIpc) is 2.33. The van der Waals surface area contributed by atoms with Gasteiger partial charge < -0.3 is 5.73 Å². The van der Waals surface area contributed by atoms with Gasteiger partial charge in [-0.3, -0.25) is 4.68 Å². The Morgan fingerprint density at radius 1 is 1.57 bits per heavy atom. The van der Waals surface area contributed by atoms with Gasteiger partial charge in [-0.1, -0.05) is 24.9 Å². The van der Waals surface area contributed by atoms with Crippen LogP contribution in [0.25, 0.3) is 0 Å². The Labute approximate surface area is 90.2 Å². The van der Waals surface area contributed by atoms with Crippen molar-refractivity contribution in [3.05, 3.63) is 16.4 Å². The lowest BCUT2D eigenvalue weighted by Gasteiger charge is -2.10. The van der Waals surface area contributed by atoms with Crippen molar-refractivity contribution in [2.45, 2.75) is 39.2 Å². The van der Waals surface area contributed by atoms with Crippen LogP contribution < -0.4 is 5.73 Å². The molecular weight excluding hydrogens is 198 g/mol. The molecule has 0 saturated carbocycles. The number of rotatable bonds is 4. The first-order valence-corrected chi connectivity index (χ1v) is 5.37. The van der Waals surface area contributed by atoms with Crippen LogP contribution in [-0.2, 0) is 13.5 Å². The van der Waals surface area contributed by atoms with Crippen LogP contribution in [0.15, 0.2) is 0 Å². The molecule has 0 aliphatic heterocycles. The number of nitrogens with two attached hydrogens (primary N) is 1. The van der Waals surface area contributed by atoms with Crippen molar-refractivity contribution < 1.29 is 0 Å². The minimum atomic E-state index is 0.187. The predicted octanol–water partition coefficient (Wildman–Crippen LogP) is 2.05. The molecule has 0 aliphatic carbocycles. The number of nitrogens with zero attached hydrogens (tertiary/aromatic N) is 2. The van der Waals surface area contributed by atoms with Gasteiger partial charge in [-0.25, -0.2) is 0 Å². The predicted molar refractivity (Wildman–Crippen MR) is 59.5 cm³/mol. The molecule has 0 fully saturated rings. The zero-order chi connectivity index (χ0) is 10.7. The van der Waals surface area contributed by atoms with E-state index in [1.165, 1.54) is 0 Å². The van der Waals surface area contributed by atoms with E-state index in [0.717, 1.165) is 35.7 Å². The highest BCUT2D eigenvalue weighted by Gasteiger charge is 2.13. The van der Waals surface area contributed by atoms with Gasteiger partial charge in [-0.2, -0.15) is 5.10 Å². The molecule has 80 valence electrons. The zero-order valence-electron chi connectivity index (χ0n) is 9.05. The molecule has 0 bridgehead atoms. The first-order chi connectivity index (χ1) is 6.56. The molecule has 14 heavy (non-hydrogen) atoms. The Kier molecular flexibility index (Phi) is 3.96. The molecule has 3 nitrogen and oxygen atoms in total. The third-order valence-corrected chi connectivity index (χ3v) is 2.87. The van der Waals surface area contributed by atoms with Crippen LogP contribution in [0.4, 0.5) is 0 Å². The largest absolute Gasteiger partial charge is 0.327 e. The highest BCUT2D eigenvalue weighted by atomic mass is 35.5. The summed E-state index contributed by atoms with van der Waals surface area (Å²) in [5, 5.41) is 5.02. The molecule has 1 atom stereocenters. The van der Waals surface area contributed by atoms with Gasteiger partial charge in [0.1, 0.15) is 0 Å². The first kappa shape index (κ1) is 11.5. The maximum absolute atomic E-state index is 6.12. The van der Waals surface area contributed by atoms with Crippen LogP contribution >= 0.6 is 11.6 Å². The van der Waals surface area contributed by atoms with Gasteiger partial charge in [-0.05, 0) is 13.3 Å². The molecular formula is C10H18ClN3. The number of hydrogen-bond donors (Lipinski definition) is 1. The van der Waals surface area contributed by atoms with Crippen LogP contribution in [0.5, 0.6) is 0 Å². The summed E-state index contributed by atoms with van der Waals surface area (Å²) in [5.41, 5.74) is 7.89. The topological polar surface area (TPSA) is 43.8 Å². The van der Waals surface area contributed by atoms with E-state index in [9.17, 15) is 0 Å². The first-order valence-electron chi connectivity index (χ1n) is 4.99. The van der Waals surface area contributed by atoms with E-state index in [0.29, 0.717) is 0 Å². The van der Waals surface area contributed by atoms with Gasteiger partial charge in [0.2, 0.25) is 0 Å². The van der Waals surface area contributed by atoms with Crippen molar-refractivity contribution in [3.8, 4) is 0 Å². The van der Waals surface area contributed by atoms with Crippen molar-refractivity contribution in [1.29, 1.82) is 0 Å². The van der Waals surface area contributed by atoms with E-state index in [2.05, 4.69) is 12.0 Å². The number of aryl methyl sites for hydroxylation is 2. The molecule has 4 heteroatoms. The zero-order valence-corrected chi connectivity index (χ0v) is 9.80. The fourth-order valence-corrected chi connectivity index (χ4v) is 1.86. The molecule has 0 amide bonds. The fraction of sp³-hybridized carbons (Fsp3) is 0.700. The standard InChI is InChI=1S/C10H18ClN3/c1-4-5-8(12)6-9-10(11)7(2)13-14(9)3/h8H,4-6,12H2,1-3H3. The van der Waals surface area contributed by atoms with E-state index in [4.69, 9.17) is 17.3 Å². The monoisotopic (exact) mass is 215 g/mol. The Bertz CT molecular complexity index is 307. The summed E-state index contributed by atoms with van der Waals surface area (Å²) in [6.07, 6.45) is 2.94. The van der Waals surface area contributed by atoms with Crippen molar-refractivity contribution in [1.82, 2.24) is 9.78 Å². The molecule has 0 aliphatic rings. The van der Waals surface area contributed by atoms with E-state index >= 15 is 0 Å². The van der Waals surface area contributed by atoms with E-state index in [1.54, 1.807) is 0 Å². The van der Waals surface area contributed by atoms with E-state index < -0.39 is 0 Å². The second-order valence-electron chi connectivity index (χ2n) is 3.72. The van der Waals surface area contributed by atoms with Crippen molar-refractivity contribution in [2.75, 3.05) is 0 Å². The highest BCUT2D eigenvalue weighted by Crippen LogP contribution is 2.20. The van der Waals surface area contributed by atoms with Crippen molar-refractivity contribution in [2.24, 2.45) is 12.8 Å². The molecule has 0 aromatic carbocycles. The molecule has 1 unspecified atom stereocenters. The lowest BCUT2D eigenvalue weighted by molar-refractivity contribution is 0.571. The average molecular weight is 216 g/mol. The van der Waals surface area contributed by atoms with Crippen LogP contribution in [0, 0.1) is 6.92 Å². The molecule has 1 rings (SSSR count). The second kappa shape index (κ2) is 4.80. The minimum Gasteiger partial charge on any atom is -0.327 e. The number of halogens is 1. The summed E-state index contributed by atoms with van der Waals surface area (Å²) in [6.45, 7) is 4.05. The summed E-state index contributed by atoms with van der Waals surface area (Å²) < 4.78 is 1.83. The van der Waals surface area contributed by atoms with Gasteiger partial charge >= 0.3 is 0 Å². The maximum atomic E-state index is 6.12. The van der Waals surface area contributed by atoms with Gasteiger partial charge in [0.25, 0.3) is 0 Å². The van der Waals surface area contributed by atoms with Crippen LogP contribution in [0.3, 0.4) is 0 Å². The molecule has 2 N–H and O–H groups in total. The Balaban J connectivity index is 2.75. The van der Waals surface area contributed by atoms with E-state index in [-0.39, 0.29) is 6.04 Å². The number of hydrogen-bond acceptors (Lipinski definition) is 2. The fourth-order valence-electron chi connectivity index (χ4n) is 1.62. The number of aromatic nitrogens is 2. The van der Waals surface area contributed by atoms with Crippen LogP contribution in [0.2, 0.25) is 5.02 Å². The van der Waals surface area contributed by atoms with Crippen LogP contribution in [-0.4, -0.2) is 15.8 Å². The highest BCUT2D eigenvalue weighted by molar-refractivity contribution is 6.31. The van der Waals surface area contributed by atoms with Crippen molar-refractivity contribution >= 4 is 11.6 Å². The van der Waals surface area contributed by atoms with Gasteiger partial charge in [-0.15, -0.1) is 0 Å². The summed E-state index contributed by atoms with van der Waals surface area (Å²) in [6, 6.07) is 0.187. The molecule has 0 spiro atoms.